The summed E-state index contributed by atoms with van der Waals surface area (Å²) in [5, 5.41) is 0. The Kier molecular flexibility index (Phi) is 5.82. The molecule has 2 heterocycles. The molecule has 2 aromatic carbocycles. The maximum Gasteiger partial charge on any atom is 0.410 e. The third kappa shape index (κ3) is 3.89. The summed E-state index contributed by atoms with van der Waals surface area (Å²) in [5.74, 6) is 0.116. The molecular formula is C27H31NO3. The SMILES string of the molecule is COCCCCC1=CC2CCC(C1)N2C(=O)OCC1c2ccccc2-c2ccccc21. The van der Waals surface area contributed by atoms with Gasteiger partial charge in [0, 0.05) is 25.7 Å². The molecule has 2 aliphatic heterocycles. The van der Waals surface area contributed by atoms with Gasteiger partial charge >= 0.3 is 6.09 Å². The first-order valence-electron chi connectivity index (χ1n) is 11.6. The van der Waals surface area contributed by atoms with Crippen LogP contribution in [-0.4, -0.2) is 43.4 Å². The number of rotatable bonds is 7. The van der Waals surface area contributed by atoms with E-state index >= 15 is 0 Å². The van der Waals surface area contributed by atoms with Crippen LogP contribution < -0.4 is 0 Å². The van der Waals surface area contributed by atoms with Crippen LogP contribution in [-0.2, 0) is 9.47 Å². The Bertz CT molecular complexity index is 936. The fraction of sp³-hybridized carbons (Fsp3) is 0.444. The summed E-state index contributed by atoms with van der Waals surface area (Å²) in [6, 6.07) is 17.5. The number of benzene rings is 2. The number of methoxy groups -OCH3 is 1. The zero-order valence-corrected chi connectivity index (χ0v) is 18.3. The summed E-state index contributed by atoms with van der Waals surface area (Å²) in [7, 11) is 1.76. The van der Waals surface area contributed by atoms with Crippen molar-refractivity contribution < 1.29 is 14.3 Å². The molecule has 3 aliphatic rings. The van der Waals surface area contributed by atoms with Crippen molar-refractivity contribution in [3.63, 3.8) is 0 Å². The minimum Gasteiger partial charge on any atom is -0.448 e. The van der Waals surface area contributed by atoms with Gasteiger partial charge in [-0.25, -0.2) is 4.79 Å². The molecule has 2 bridgehead atoms. The number of amides is 1. The highest BCUT2D eigenvalue weighted by Gasteiger charge is 2.40. The Labute approximate surface area is 184 Å². The average molecular weight is 418 g/mol. The molecule has 1 saturated heterocycles. The van der Waals surface area contributed by atoms with E-state index in [0.29, 0.717) is 12.6 Å². The van der Waals surface area contributed by atoms with Crippen LogP contribution >= 0.6 is 0 Å². The fourth-order valence-electron chi connectivity index (χ4n) is 5.66. The summed E-state index contributed by atoms with van der Waals surface area (Å²) in [6.07, 6.45) is 8.68. The van der Waals surface area contributed by atoms with Crippen molar-refractivity contribution in [1.82, 2.24) is 4.90 Å². The molecule has 0 aromatic heterocycles. The number of ether oxygens (including phenoxy) is 2. The number of carbonyl (C=O) groups is 1. The molecule has 5 rings (SSSR count). The maximum absolute atomic E-state index is 13.1. The van der Waals surface area contributed by atoms with Gasteiger partial charge in [-0.3, -0.25) is 4.90 Å². The van der Waals surface area contributed by atoms with Crippen LogP contribution in [0, 0.1) is 0 Å². The molecule has 2 atom stereocenters. The van der Waals surface area contributed by atoms with Crippen LogP contribution in [0.15, 0.2) is 60.2 Å². The predicted octanol–water partition coefficient (Wildman–Crippen LogP) is 5.92. The Morgan fingerprint density at radius 1 is 1.00 bits per heavy atom. The lowest BCUT2D eigenvalue weighted by molar-refractivity contribution is 0.0848. The number of hydrogen-bond acceptors (Lipinski definition) is 3. The molecule has 2 unspecified atom stereocenters. The number of nitrogens with zero attached hydrogens (tertiary/aromatic N) is 1. The second-order valence-electron chi connectivity index (χ2n) is 8.99. The van der Waals surface area contributed by atoms with Gasteiger partial charge in [0.2, 0.25) is 0 Å². The second-order valence-corrected chi connectivity index (χ2v) is 8.99. The van der Waals surface area contributed by atoms with E-state index in [2.05, 4.69) is 54.6 Å². The van der Waals surface area contributed by atoms with E-state index in [1.54, 1.807) is 7.11 Å². The molecule has 4 heteroatoms. The maximum atomic E-state index is 13.1. The van der Waals surface area contributed by atoms with Crippen molar-refractivity contribution in [3.8, 4) is 11.1 Å². The van der Waals surface area contributed by atoms with Crippen LogP contribution in [0.2, 0.25) is 0 Å². The molecule has 1 aliphatic carbocycles. The van der Waals surface area contributed by atoms with E-state index in [9.17, 15) is 4.79 Å². The molecule has 0 spiro atoms. The van der Waals surface area contributed by atoms with Crippen molar-refractivity contribution in [2.24, 2.45) is 0 Å². The standard InChI is InChI=1S/C27H31NO3/c1-30-15-7-6-8-19-16-20-13-14-21(17-19)28(20)27(29)31-18-26-24-11-4-2-9-22(24)23-10-3-5-12-25(23)26/h2-5,9-12,16,20-21,26H,6-8,13-15,17-18H2,1H3. The Morgan fingerprint density at radius 3 is 2.39 bits per heavy atom. The molecule has 0 saturated carbocycles. The van der Waals surface area contributed by atoms with E-state index in [4.69, 9.17) is 9.47 Å². The first kappa shape index (κ1) is 20.3. The molecular weight excluding hydrogens is 386 g/mol. The Hall–Kier alpha value is -2.59. The van der Waals surface area contributed by atoms with Crippen molar-refractivity contribution in [2.45, 2.75) is 56.5 Å². The van der Waals surface area contributed by atoms with Crippen molar-refractivity contribution >= 4 is 6.09 Å². The quantitative estimate of drug-likeness (QED) is 0.415. The van der Waals surface area contributed by atoms with Crippen LogP contribution in [0.25, 0.3) is 11.1 Å². The Balaban J connectivity index is 1.24. The Morgan fingerprint density at radius 2 is 1.71 bits per heavy atom. The van der Waals surface area contributed by atoms with E-state index in [0.717, 1.165) is 45.1 Å². The highest BCUT2D eigenvalue weighted by molar-refractivity contribution is 5.79. The zero-order valence-electron chi connectivity index (χ0n) is 18.3. The van der Waals surface area contributed by atoms with Gasteiger partial charge in [0.1, 0.15) is 6.61 Å². The van der Waals surface area contributed by atoms with Gasteiger partial charge in [0.05, 0.1) is 6.04 Å². The predicted molar refractivity (Wildman–Crippen MR) is 122 cm³/mol. The largest absolute Gasteiger partial charge is 0.448 e. The topological polar surface area (TPSA) is 38.8 Å². The molecule has 162 valence electrons. The van der Waals surface area contributed by atoms with Gasteiger partial charge in [-0.05, 0) is 60.8 Å². The lowest BCUT2D eigenvalue weighted by atomic mass is 9.97. The van der Waals surface area contributed by atoms with Crippen LogP contribution in [0.4, 0.5) is 4.79 Å². The van der Waals surface area contributed by atoms with Crippen molar-refractivity contribution in [3.05, 3.63) is 71.3 Å². The van der Waals surface area contributed by atoms with E-state index < -0.39 is 0 Å². The highest BCUT2D eigenvalue weighted by Crippen LogP contribution is 2.45. The van der Waals surface area contributed by atoms with Crippen LogP contribution in [0.3, 0.4) is 0 Å². The molecule has 4 nitrogen and oxygen atoms in total. The molecule has 1 amide bonds. The highest BCUT2D eigenvalue weighted by atomic mass is 16.6. The van der Waals surface area contributed by atoms with Gasteiger partial charge in [0.15, 0.2) is 0 Å². The molecule has 2 aromatic rings. The smallest absolute Gasteiger partial charge is 0.410 e. The summed E-state index contributed by atoms with van der Waals surface area (Å²) >= 11 is 0. The zero-order chi connectivity index (χ0) is 21.2. The first-order valence-corrected chi connectivity index (χ1v) is 11.6. The summed E-state index contributed by atoms with van der Waals surface area (Å²) in [4.78, 5) is 15.1. The number of fused-ring (bicyclic) bond motifs is 5. The number of hydrogen-bond donors (Lipinski definition) is 0. The van der Waals surface area contributed by atoms with Gasteiger partial charge in [-0.15, -0.1) is 0 Å². The molecule has 0 radical (unpaired) electrons. The molecule has 1 fully saturated rings. The normalized spacial score (nSPS) is 21.6. The average Bonchev–Trinajstić information content (AvgIpc) is 3.26. The van der Waals surface area contributed by atoms with Crippen LogP contribution in [0.1, 0.15) is 55.6 Å². The minimum atomic E-state index is -0.149. The second kappa shape index (κ2) is 8.88. The van der Waals surface area contributed by atoms with Crippen molar-refractivity contribution in [1.29, 1.82) is 0 Å². The lowest BCUT2D eigenvalue weighted by Crippen LogP contribution is -2.43. The van der Waals surface area contributed by atoms with Crippen molar-refractivity contribution in [2.75, 3.05) is 20.3 Å². The third-order valence-electron chi connectivity index (χ3n) is 7.12. The van der Waals surface area contributed by atoms with Gasteiger partial charge in [-0.2, -0.15) is 0 Å². The number of carbonyl (C=O) groups excluding carboxylic acids is 1. The van der Waals surface area contributed by atoms with E-state index in [1.807, 2.05) is 4.90 Å². The fourth-order valence-corrected chi connectivity index (χ4v) is 5.66. The lowest BCUT2D eigenvalue weighted by Gasteiger charge is -2.33. The van der Waals surface area contributed by atoms with E-state index in [-0.39, 0.29) is 18.1 Å². The molecule has 0 N–H and O–H groups in total. The first-order chi connectivity index (χ1) is 15.3. The van der Waals surface area contributed by atoms with Crippen LogP contribution in [0.5, 0.6) is 0 Å². The molecule has 31 heavy (non-hydrogen) atoms. The summed E-state index contributed by atoms with van der Waals surface area (Å²) < 4.78 is 11.1. The monoisotopic (exact) mass is 417 g/mol. The third-order valence-corrected chi connectivity index (χ3v) is 7.12. The van der Waals surface area contributed by atoms with Gasteiger partial charge in [0.25, 0.3) is 0 Å². The summed E-state index contributed by atoms with van der Waals surface area (Å²) in [5.41, 5.74) is 6.55. The summed E-state index contributed by atoms with van der Waals surface area (Å²) in [6.45, 7) is 1.22. The number of unbranched alkanes of at least 4 members (excludes halogenated alkanes) is 1. The van der Waals surface area contributed by atoms with E-state index in [1.165, 1.54) is 27.8 Å². The van der Waals surface area contributed by atoms with Gasteiger partial charge < -0.3 is 9.47 Å². The van der Waals surface area contributed by atoms with Gasteiger partial charge in [-0.1, -0.05) is 60.2 Å². The minimum absolute atomic E-state index is 0.116.